The molecule has 0 amide bonds. The molecule has 0 saturated heterocycles. The zero-order chi connectivity index (χ0) is 20.4. The van der Waals surface area contributed by atoms with Gasteiger partial charge in [0.05, 0.1) is 37.6 Å². The number of para-hydroxylation sites is 1. The van der Waals surface area contributed by atoms with E-state index in [-0.39, 0.29) is 5.43 Å². The monoisotopic (exact) mass is 391 g/mol. The van der Waals surface area contributed by atoms with E-state index in [1.807, 2.05) is 36.4 Å². The molecule has 4 aromatic rings. The van der Waals surface area contributed by atoms with Crippen LogP contribution in [0.1, 0.15) is 5.56 Å². The quantitative estimate of drug-likeness (QED) is 0.497. The van der Waals surface area contributed by atoms with E-state index < -0.39 is 0 Å². The number of benzene rings is 3. The number of nitrogens with one attached hydrogen (secondary N) is 1. The van der Waals surface area contributed by atoms with Crippen LogP contribution in [0.3, 0.4) is 0 Å². The molecule has 0 spiro atoms. The average Bonchev–Trinajstić information content (AvgIpc) is 2.77. The van der Waals surface area contributed by atoms with Crippen molar-refractivity contribution in [3.05, 3.63) is 70.4 Å². The van der Waals surface area contributed by atoms with Crippen molar-refractivity contribution in [2.24, 2.45) is 0 Å². The third-order valence-corrected chi connectivity index (χ3v) is 4.84. The molecule has 6 nitrogen and oxygen atoms in total. The summed E-state index contributed by atoms with van der Waals surface area (Å²) in [7, 11) is 4.59. The van der Waals surface area contributed by atoms with Crippen molar-refractivity contribution in [3.8, 4) is 23.0 Å². The first-order valence-electron chi connectivity index (χ1n) is 9.12. The van der Waals surface area contributed by atoms with Gasteiger partial charge in [0.2, 0.25) is 5.43 Å². The number of aromatic amines is 1. The van der Waals surface area contributed by atoms with E-state index in [0.29, 0.717) is 51.4 Å². The van der Waals surface area contributed by atoms with Crippen LogP contribution in [0.2, 0.25) is 0 Å². The van der Waals surface area contributed by atoms with E-state index in [1.165, 1.54) is 21.3 Å². The second-order valence-corrected chi connectivity index (χ2v) is 6.47. The molecule has 0 aliphatic heterocycles. The third kappa shape index (κ3) is 3.23. The van der Waals surface area contributed by atoms with Crippen LogP contribution in [0.4, 0.5) is 0 Å². The van der Waals surface area contributed by atoms with E-state index >= 15 is 0 Å². The van der Waals surface area contributed by atoms with Gasteiger partial charge in [0.15, 0.2) is 11.5 Å². The van der Waals surface area contributed by atoms with Gasteiger partial charge in [-0.05, 0) is 17.7 Å². The van der Waals surface area contributed by atoms with E-state index in [4.69, 9.17) is 18.9 Å². The van der Waals surface area contributed by atoms with Crippen molar-refractivity contribution in [3.63, 3.8) is 0 Å². The second kappa shape index (κ2) is 7.75. The number of hydrogen-bond donors (Lipinski definition) is 1. The third-order valence-electron chi connectivity index (χ3n) is 4.84. The maximum absolute atomic E-state index is 13.3. The summed E-state index contributed by atoms with van der Waals surface area (Å²) < 4.78 is 22.4. The van der Waals surface area contributed by atoms with Gasteiger partial charge in [0, 0.05) is 6.07 Å². The molecule has 0 fully saturated rings. The normalized spacial score (nSPS) is 10.9. The standard InChI is InChI=1S/C23H21NO5/c1-26-17-12-18(27-2)23(28-3)21-19(17)22(25)15-10-7-11-16(20(15)24-21)29-13-14-8-5-4-6-9-14/h4-12H,13H2,1-3H3,(H,24,25). The van der Waals surface area contributed by atoms with Gasteiger partial charge < -0.3 is 23.9 Å². The number of hydrogen-bond acceptors (Lipinski definition) is 5. The van der Waals surface area contributed by atoms with Gasteiger partial charge in [0.25, 0.3) is 0 Å². The van der Waals surface area contributed by atoms with Crippen molar-refractivity contribution in [1.82, 2.24) is 4.98 Å². The molecule has 6 heteroatoms. The van der Waals surface area contributed by atoms with Crippen LogP contribution >= 0.6 is 0 Å². The molecule has 148 valence electrons. The molecule has 0 unspecified atom stereocenters. The summed E-state index contributed by atoms with van der Waals surface area (Å²) in [5, 5.41) is 0.909. The van der Waals surface area contributed by atoms with Gasteiger partial charge >= 0.3 is 0 Å². The highest BCUT2D eigenvalue weighted by Gasteiger charge is 2.20. The number of methoxy groups -OCH3 is 3. The van der Waals surface area contributed by atoms with E-state index in [2.05, 4.69) is 4.98 Å². The van der Waals surface area contributed by atoms with Crippen LogP contribution in [0.25, 0.3) is 21.8 Å². The Hall–Kier alpha value is -3.67. The van der Waals surface area contributed by atoms with Crippen molar-refractivity contribution < 1.29 is 18.9 Å². The molecule has 0 bridgehead atoms. The summed E-state index contributed by atoms with van der Waals surface area (Å²) in [4.78, 5) is 16.6. The Morgan fingerprint density at radius 1 is 0.793 bits per heavy atom. The molecule has 1 aromatic heterocycles. The molecular weight excluding hydrogens is 370 g/mol. The van der Waals surface area contributed by atoms with Crippen LogP contribution in [-0.4, -0.2) is 26.3 Å². The highest BCUT2D eigenvalue weighted by atomic mass is 16.5. The number of fused-ring (bicyclic) bond motifs is 2. The lowest BCUT2D eigenvalue weighted by Crippen LogP contribution is -2.09. The maximum Gasteiger partial charge on any atom is 0.201 e. The zero-order valence-electron chi connectivity index (χ0n) is 16.4. The van der Waals surface area contributed by atoms with E-state index in [1.54, 1.807) is 18.2 Å². The molecule has 0 saturated carbocycles. The fraction of sp³-hybridized carbons (Fsp3) is 0.174. The van der Waals surface area contributed by atoms with Gasteiger partial charge in [-0.15, -0.1) is 0 Å². The lowest BCUT2D eigenvalue weighted by Gasteiger charge is -2.16. The van der Waals surface area contributed by atoms with Crippen LogP contribution in [0.15, 0.2) is 59.4 Å². The van der Waals surface area contributed by atoms with Crippen molar-refractivity contribution in [2.45, 2.75) is 6.61 Å². The minimum atomic E-state index is -0.170. The minimum absolute atomic E-state index is 0.170. The maximum atomic E-state index is 13.3. The summed E-state index contributed by atoms with van der Waals surface area (Å²) in [5.41, 5.74) is 1.96. The predicted octanol–water partition coefficient (Wildman–Crippen LogP) is 4.29. The summed E-state index contributed by atoms with van der Waals surface area (Å²) in [5.74, 6) is 1.89. The molecule has 0 radical (unpaired) electrons. The molecule has 1 heterocycles. The average molecular weight is 391 g/mol. The molecular formula is C23H21NO5. The Morgan fingerprint density at radius 2 is 1.55 bits per heavy atom. The first kappa shape index (κ1) is 18.7. The highest BCUT2D eigenvalue weighted by Crippen LogP contribution is 2.40. The Bertz CT molecular complexity index is 1230. The number of rotatable bonds is 6. The summed E-state index contributed by atoms with van der Waals surface area (Å²) in [6, 6.07) is 16.9. The highest BCUT2D eigenvalue weighted by molar-refractivity contribution is 6.01. The van der Waals surface area contributed by atoms with Crippen molar-refractivity contribution in [2.75, 3.05) is 21.3 Å². The number of ether oxygens (including phenoxy) is 4. The predicted molar refractivity (Wildman–Crippen MR) is 113 cm³/mol. The van der Waals surface area contributed by atoms with Crippen LogP contribution in [-0.2, 0) is 6.61 Å². The minimum Gasteiger partial charge on any atom is -0.496 e. The van der Waals surface area contributed by atoms with Gasteiger partial charge in [0.1, 0.15) is 23.6 Å². The number of aromatic nitrogens is 1. The van der Waals surface area contributed by atoms with Gasteiger partial charge in [-0.25, -0.2) is 0 Å². The SMILES string of the molecule is COc1cc(OC)c2c(=O)c3cccc(OCc4ccccc4)c3[nH]c2c1OC. The first-order chi connectivity index (χ1) is 14.2. The lowest BCUT2D eigenvalue weighted by atomic mass is 10.1. The number of H-pyrrole nitrogens is 1. The van der Waals surface area contributed by atoms with Crippen LogP contribution in [0, 0.1) is 0 Å². The fourth-order valence-corrected chi connectivity index (χ4v) is 3.44. The fourth-order valence-electron chi connectivity index (χ4n) is 3.44. The zero-order valence-corrected chi connectivity index (χ0v) is 16.4. The summed E-state index contributed by atoms with van der Waals surface area (Å²) in [6.07, 6.45) is 0. The molecule has 29 heavy (non-hydrogen) atoms. The Balaban J connectivity index is 1.95. The van der Waals surface area contributed by atoms with Crippen LogP contribution in [0.5, 0.6) is 23.0 Å². The number of pyridine rings is 1. The summed E-state index contributed by atoms with van der Waals surface area (Å²) >= 11 is 0. The first-order valence-corrected chi connectivity index (χ1v) is 9.12. The molecule has 4 rings (SSSR count). The van der Waals surface area contributed by atoms with Crippen molar-refractivity contribution in [1.29, 1.82) is 0 Å². The molecule has 0 aliphatic carbocycles. The summed E-state index contributed by atoms with van der Waals surface area (Å²) in [6.45, 7) is 0.387. The second-order valence-electron chi connectivity index (χ2n) is 6.47. The largest absolute Gasteiger partial charge is 0.496 e. The van der Waals surface area contributed by atoms with E-state index in [0.717, 1.165) is 5.56 Å². The van der Waals surface area contributed by atoms with Gasteiger partial charge in [-0.1, -0.05) is 36.4 Å². The lowest BCUT2D eigenvalue weighted by molar-refractivity contribution is 0.309. The topological polar surface area (TPSA) is 69.8 Å². The Morgan fingerprint density at radius 3 is 2.24 bits per heavy atom. The van der Waals surface area contributed by atoms with E-state index in [9.17, 15) is 4.79 Å². The molecule has 0 aliphatic rings. The Labute approximate surface area is 167 Å². The van der Waals surface area contributed by atoms with Gasteiger partial charge in [-0.2, -0.15) is 0 Å². The smallest absolute Gasteiger partial charge is 0.201 e. The molecule has 0 atom stereocenters. The molecule has 3 aromatic carbocycles. The molecule has 1 N–H and O–H groups in total. The van der Waals surface area contributed by atoms with Gasteiger partial charge in [-0.3, -0.25) is 4.79 Å². The van der Waals surface area contributed by atoms with Crippen molar-refractivity contribution >= 4 is 21.8 Å². The Kier molecular flexibility index (Phi) is 4.99. The van der Waals surface area contributed by atoms with Crippen LogP contribution < -0.4 is 24.4 Å².